The van der Waals surface area contributed by atoms with Crippen molar-refractivity contribution in [1.29, 1.82) is 0 Å². The van der Waals surface area contributed by atoms with Crippen molar-refractivity contribution in [2.75, 3.05) is 0 Å². The summed E-state index contributed by atoms with van der Waals surface area (Å²) in [6.45, 7) is 0.132. The van der Waals surface area contributed by atoms with Gasteiger partial charge in [0.1, 0.15) is 0 Å². The van der Waals surface area contributed by atoms with Gasteiger partial charge in [0.05, 0.1) is 12.7 Å². The third-order valence-electron chi connectivity index (χ3n) is 2.57. The van der Waals surface area contributed by atoms with E-state index in [0.717, 1.165) is 0 Å². The van der Waals surface area contributed by atoms with Crippen LogP contribution in [0.15, 0.2) is 47.1 Å². The SMILES string of the molecule is O=C(NCc1ccno1)N[C@H](C(=O)O)c1ccccc1. The number of nitrogens with zero attached hydrogens (tertiary/aromatic N) is 1. The minimum absolute atomic E-state index is 0.132. The summed E-state index contributed by atoms with van der Waals surface area (Å²) in [6.07, 6.45) is 1.46. The topological polar surface area (TPSA) is 104 Å². The Bertz CT molecular complexity index is 569. The lowest BCUT2D eigenvalue weighted by Gasteiger charge is -2.15. The quantitative estimate of drug-likeness (QED) is 0.763. The molecule has 1 heterocycles. The van der Waals surface area contributed by atoms with Crippen LogP contribution in [0.4, 0.5) is 4.79 Å². The number of hydrogen-bond donors (Lipinski definition) is 3. The summed E-state index contributed by atoms with van der Waals surface area (Å²) < 4.78 is 4.81. The van der Waals surface area contributed by atoms with Gasteiger partial charge in [-0.2, -0.15) is 0 Å². The van der Waals surface area contributed by atoms with Crippen LogP contribution in [-0.4, -0.2) is 22.3 Å². The lowest BCUT2D eigenvalue weighted by atomic mass is 10.1. The Morgan fingerprint density at radius 3 is 2.60 bits per heavy atom. The summed E-state index contributed by atoms with van der Waals surface area (Å²) in [4.78, 5) is 22.9. The van der Waals surface area contributed by atoms with Crippen LogP contribution in [0, 0.1) is 0 Å². The second-order valence-corrected chi connectivity index (χ2v) is 3.99. The number of amides is 2. The van der Waals surface area contributed by atoms with Crippen molar-refractivity contribution >= 4 is 12.0 Å². The fourth-order valence-electron chi connectivity index (χ4n) is 1.62. The summed E-state index contributed by atoms with van der Waals surface area (Å²) in [7, 11) is 0. The molecule has 0 aliphatic carbocycles. The number of urea groups is 1. The normalized spacial score (nSPS) is 11.6. The molecular weight excluding hydrogens is 262 g/mol. The van der Waals surface area contributed by atoms with Gasteiger partial charge in [-0.25, -0.2) is 9.59 Å². The summed E-state index contributed by atoms with van der Waals surface area (Å²) in [5.41, 5.74) is 0.495. The number of hydrogen-bond acceptors (Lipinski definition) is 4. The van der Waals surface area contributed by atoms with E-state index in [1.54, 1.807) is 36.4 Å². The summed E-state index contributed by atoms with van der Waals surface area (Å²) in [6, 6.07) is 8.35. The van der Waals surface area contributed by atoms with Crippen molar-refractivity contribution in [1.82, 2.24) is 15.8 Å². The van der Waals surface area contributed by atoms with Crippen molar-refractivity contribution in [2.24, 2.45) is 0 Å². The van der Waals surface area contributed by atoms with E-state index in [1.807, 2.05) is 0 Å². The highest BCUT2D eigenvalue weighted by Crippen LogP contribution is 2.12. The molecule has 2 rings (SSSR count). The highest BCUT2D eigenvalue weighted by atomic mass is 16.5. The van der Waals surface area contributed by atoms with E-state index < -0.39 is 18.0 Å². The monoisotopic (exact) mass is 275 g/mol. The third-order valence-corrected chi connectivity index (χ3v) is 2.57. The number of nitrogens with one attached hydrogen (secondary N) is 2. The van der Waals surface area contributed by atoms with Gasteiger partial charge in [-0.3, -0.25) is 0 Å². The van der Waals surface area contributed by atoms with Gasteiger partial charge in [0, 0.05) is 6.07 Å². The number of benzene rings is 1. The number of aliphatic carboxylic acids is 1. The molecule has 0 aliphatic heterocycles. The molecular formula is C13H13N3O4. The lowest BCUT2D eigenvalue weighted by Crippen LogP contribution is -2.40. The molecule has 1 atom stereocenters. The van der Waals surface area contributed by atoms with E-state index in [2.05, 4.69) is 15.8 Å². The van der Waals surface area contributed by atoms with E-state index in [-0.39, 0.29) is 6.54 Å². The molecule has 0 saturated carbocycles. The molecule has 0 radical (unpaired) electrons. The van der Waals surface area contributed by atoms with Gasteiger partial charge < -0.3 is 20.3 Å². The van der Waals surface area contributed by atoms with Crippen LogP contribution in [0.25, 0.3) is 0 Å². The fraction of sp³-hybridized carbons (Fsp3) is 0.154. The van der Waals surface area contributed by atoms with Crippen molar-refractivity contribution in [3.8, 4) is 0 Å². The first kappa shape index (κ1) is 13.6. The van der Waals surface area contributed by atoms with Crippen LogP contribution in [-0.2, 0) is 11.3 Å². The molecule has 3 N–H and O–H groups in total. The van der Waals surface area contributed by atoms with E-state index in [4.69, 9.17) is 9.63 Å². The average Bonchev–Trinajstić information content (AvgIpc) is 2.96. The van der Waals surface area contributed by atoms with E-state index in [0.29, 0.717) is 11.3 Å². The van der Waals surface area contributed by atoms with E-state index >= 15 is 0 Å². The summed E-state index contributed by atoms with van der Waals surface area (Å²) in [5, 5.41) is 17.5. The van der Waals surface area contributed by atoms with Crippen LogP contribution < -0.4 is 10.6 Å². The molecule has 104 valence electrons. The molecule has 1 aromatic carbocycles. The van der Waals surface area contributed by atoms with Gasteiger partial charge in [0.25, 0.3) is 0 Å². The third kappa shape index (κ3) is 3.58. The van der Waals surface area contributed by atoms with Gasteiger partial charge >= 0.3 is 12.0 Å². The molecule has 1 aromatic heterocycles. The first-order valence-electron chi connectivity index (χ1n) is 5.88. The van der Waals surface area contributed by atoms with Gasteiger partial charge in [-0.1, -0.05) is 35.5 Å². The van der Waals surface area contributed by atoms with Crippen molar-refractivity contribution in [2.45, 2.75) is 12.6 Å². The largest absolute Gasteiger partial charge is 0.479 e. The van der Waals surface area contributed by atoms with Crippen LogP contribution in [0.5, 0.6) is 0 Å². The zero-order valence-corrected chi connectivity index (χ0v) is 10.4. The smallest absolute Gasteiger partial charge is 0.330 e. The molecule has 2 aromatic rings. The van der Waals surface area contributed by atoms with Gasteiger partial charge in [0.15, 0.2) is 11.8 Å². The van der Waals surface area contributed by atoms with Crippen molar-refractivity contribution in [3.05, 3.63) is 53.9 Å². The molecule has 7 heteroatoms. The Morgan fingerprint density at radius 2 is 2.00 bits per heavy atom. The predicted octanol–water partition coefficient (Wildman–Crippen LogP) is 1.30. The number of carboxylic acid groups (broad SMARTS) is 1. The zero-order valence-electron chi connectivity index (χ0n) is 10.4. The number of aromatic nitrogens is 1. The van der Waals surface area contributed by atoms with Crippen molar-refractivity contribution in [3.63, 3.8) is 0 Å². The Morgan fingerprint density at radius 1 is 1.25 bits per heavy atom. The number of rotatable bonds is 5. The Kier molecular flexibility index (Phi) is 4.33. The molecule has 0 bridgehead atoms. The van der Waals surface area contributed by atoms with E-state index in [9.17, 15) is 9.59 Å². The number of carboxylic acids is 1. The maximum atomic E-state index is 11.7. The fourth-order valence-corrected chi connectivity index (χ4v) is 1.62. The molecule has 7 nitrogen and oxygen atoms in total. The van der Waals surface area contributed by atoms with Gasteiger partial charge in [-0.05, 0) is 5.56 Å². The Balaban J connectivity index is 1.95. The second-order valence-electron chi connectivity index (χ2n) is 3.99. The van der Waals surface area contributed by atoms with Crippen LogP contribution >= 0.6 is 0 Å². The maximum absolute atomic E-state index is 11.7. The van der Waals surface area contributed by atoms with Crippen molar-refractivity contribution < 1.29 is 19.2 Å². The molecule has 0 saturated heterocycles. The van der Waals surface area contributed by atoms with E-state index in [1.165, 1.54) is 6.20 Å². The highest BCUT2D eigenvalue weighted by Gasteiger charge is 2.21. The highest BCUT2D eigenvalue weighted by molar-refractivity contribution is 5.83. The predicted molar refractivity (Wildman–Crippen MR) is 68.7 cm³/mol. The Hall–Kier alpha value is -2.83. The average molecular weight is 275 g/mol. The lowest BCUT2D eigenvalue weighted by molar-refractivity contribution is -0.139. The second kappa shape index (κ2) is 6.37. The van der Waals surface area contributed by atoms with Crippen LogP contribution in [0.1, 0.15) is 17.4 Å². The zero-order chi connectivity index (χ0) is 14.4. The van der Waals surface area contributed by atoms with Crippen LogP contribution in [0.3, 0.4) is 0 Å². The standard InChI is InChI=1S/C13H13N3O4/c17-12(18)11(9-4-2-1-3-5-9)16-13(19)14-8-10-6-7-15-20-10/h1-7,11H,8H2,(H,17,18)(H2,14,16,19)/t11-/m0/s1. The molecule has 20 heavy (non-hydrogen) atoms. The van der Waals surface area contributed by atoms with Gasteiger partial charge in [-0.15, -0.1) is 0 Å². The number of carbonyl (C=O) groups excluding carboxylic acids is 1. The van der Waals surface area contributed by atoms with Gasteiger partial charge in [0.2, 0.25) is 0 Å². The summed E-state index contributed by atoms with van der Waals surface area (Å²) in [5.74, 6) is -0.655. The maximum Gasteiger partial charge on any atom is 0.330 e. The molecule has 0 unspecified atom stereocenters. The first-order chi connectivity index (χ1) is 9.66. The first-order valence-corrected chi connectivity index (χ1v) is 5.88. The molecule has 0 fully saturated rings. The minimum Gasteiger partial charge on any atom is -0.479 e. The number of carbonyl (C=O) groups is 2. The molecule has 2 amide bonds. The molecule has 0 spiro atoms. The Labute approximate surface area is 114 Å². The minimum atomic E-state index is -1.13. The molecule has 0 aliphatic rings. The van der Waals surface area contributed by atoms with Crippen LogP contribution in [0.2, 0.25) is 0 Å². The summed E-state index contributed by atoms with van der Waals surface area (Å²) >= 11 is 0.